The molecule has 3 rings (SSSR count). The van der Waals surface area contributed by atoms with Gasteiger partial charge in [0.2, 0.25) is 0 Å². The molecule has 0 aliphatic rings. The van der Waals surface area contributed by atoms with Crippen LogP contribution in [-0.4, -0.2) is 22.5 Å². The highest BCUT2D eigenvalue weighted by Gasteiger charge is 2.12. The van der Waals surface area contributed by atoms with E-state index < -0.39 is 0 Å². The lowest BCUT2D eigenvalue weighted by atomic mass is 10.3. The second kappa shape index (κ2) is 6.38. The predicted octanol–water partition coefficient (Wildman–Crippen LogP) is 4.70. The molecule has 21 heavy (non-hydrogen) atoms. The van der Waals surface area contributed by atoms with E-state index in [0.29, 0.717) is 5.88 Å². The average Bonchev–Trinajstić information content (AvgIpc) is 3.04. The molecule has 0 spiro atoms. The number of nitrogens with zero attached hydrogens (tertiary/aromatic N) is 2. The summed E-state index contributed by atoms with van der Waals surface area (Å²) in [5, 5.41) is 2.09. The molecule has 6 heteroatoms. The molecule has 0 aliphatic carbocycles. The maximum Gasteiger partial charge on any atom is 0.121 e. The third-order valence-electron chi connectivity index (χ3n) is 3.29. The number of aryl methyl sites for hydroxylation is 1. The van der Waals surface area contributed by atoms with Gasteiger partial charge in [0.25, 0.3) is 0 Å². The lowest BCUT2D eigenvalue weighted by Crippen LogP contribution is -2.05. The Balaban J connectivity index is 2.09. The topological polar surface area (TPSA) is 27.1 Å². The van der Waals surface area contributed by atoms with Crippen molar-refractivity contribution in [3.8, 4) is 5.75 Å². The molecule has 0 radical (unpaired) electrons. The first-order chi connectivity index (χ1) is 10.2. The van der Waals surface area contributed by atoms with Crippen LogP contribution in [0.15, 0.2) is 34.1 Å². The molecule has 3 nitrogen and oxygen atoms in total. The van der Waals surface area contributed by atoms with Gasteiger partial charge in [-0.2, -0.15) is 0 Å². The molecule has 1 aromatic carbocycles. The molecular weight excluding hydrogens is 372 g/mol. The third kappa shape index (κ3) is 3.10. The van der Waals surface area contributed by atoms with Gasteiger partial charge in [-0.15, -0.1) is 22.9 Å². The van der Waals surface area contributed by atoms with E-state index in [-0.39, 0.29) is 0 Å². The van der Waals surface area contributed by atoms with Crippen molar-refractivity contribution >= 4 is 49.9 Å². The fraction of sp³-hybridized carbons (Fsp3) is 0.267. The maximum absolute atomic E-state index is 5.92. The molecule has 0 saturated carbocycles. The molecule has 0 saturated heterocycles. The van der Waals surface area contributed by atoms with Crippen molar-refractivity contribution < 1.29 is 4.74 Å². The van der Waals surface area contributed by atoms with Gasteiger partial charge >= 0.3 is 0 Å². The Hall–Kier alpha value is -1.04. The first kappa shape index (κ1) is 14.9. The number of fused-ring (bicyclic) bond motifs is 1. The van der Waals surface area contributed by atoms with E-state index in [1.54, 1.807) is 18.4 Å². The molecule has 0 atom stereocenters. The summed E-state index contributed by atoms with van der Waals surface area (Å²) in [6.45, 7) is 0.798. The van der Waals surface area contributed by atoms with Gasteiger partial charge in [0.15, 0.2) is 0 Å². The molecular formula is C15H14BrClN2OS. The number of methoxy groups -OCH3 is 1. The van der Waals surface area contributed by atoms with Crippen molar-refractivity contribution in [2.75, 3.05) is 13.0 Å². The summed E-state index contributed by atoms with van der Waals surface area (Å²) in [6, 6.07) is 8.10. The first-order valence-electron chi connectivity index (χ1n) is 6.53. The smallest absolute Gasteiger partial charge is 0.121 e. The van der Waals surface area contributed by atoms with Crippen LogP contribution in [0, 0.1) is 0 Å². The number of ether oxygens (including phenoxy) is 1. The van der Waals surface area contributed by atoms with Crippen LogP contribution in [0.3, 0.4) is 0 Å². The summed E-state index contributed by atoms with van der Waals surface area (Å²) in [5.41, 5.74) is 2.06. The quantitative estimate of drug-likeness (QED) is 0.595. The lowest BCUT2D eigenvalue weighted by molar-refractivity contribution is 0.415. The van der Waals surface area contributed by atoms with Crippen LogP contribution < -0.4 is 4.74 Å². The molecule has 0 amide bonds. The van der Waals surface area contributed by atoms with Crippen LogP contribution in [0.25, 0.3) is 11.0 Å². The minimum Gasteiger partial charge on any atom is -0.497 e. The molecule has 0 bridgehead atoms. The molecule has 2 aromatic heterocycles. The third-order valence-corrected chi connectivity index (χ3v) is 5.16. The van der Waals surface area contributed by atoms with Crippen molar-refractivity contribution in [1.29, 1.82) is 0 Å². The molecule has 3 aromatic rings. The van der Waals surface area contributed by atoms with Crippen molar-refractivity contribution in [2.24, 2.45) is 0 Å². The predicted molar refractivity (Wildman–Crippen MR) is 91.8 cm³/mol. The zero-order valence-electron chi connectivity index (χ0n) is 11.5. The van der Waals surface area contributed by atoms with E-state index in [2.05, 4.69) is 31.9 Å². The summed E-state index contributed by atoms with van der Waals surface area (Å²) in [6.07, 6.45) is 0.755. The summed E-state index contributed by atoms with van der Waals surface area (Å²) in [4.78, 5) is 5.97. The monoisotopic (exact) mass is 384 g/mol. The molecule has 110 valence electrons. The fourth-order valence-corrected chi connectivity index (χ4v) is 3.93. The number of hydrogen-bond acceptors (Lipinski definition) is 3. The number of thiophene rings is 1. The highest BCUT2D eigenvalue weighted by molar-refractivity contribution is 9.10. The van der Waals surface area contributed by atoms with Crippen LogP contribution in [0.5, 0.6) is 5.75 Å². The Kier molecular flexibility index (Phi) is 4.52. The Bertz CT molecular complexity index is 768. The van der Waals surface area contributed by atoms with Crippen LogP contribution in [-0.2, 0) is 13.0 Å². The van der Waals surface area contributed by atoms with Crippen LogP contribution >= 0.6 is 38.9 Å². The highest BCUT2D eigenvalue weighted by Crippen LogP contribution is 2.26. The van der Waals surface area contributed by atoms with E-state index in [4.69, 9.17) is 21.3 Å². The maximum atomic E-state index is 5.92. The van der Waals surface area contributed by atoms with E-state index in [1.807, 2.05) is 18.2 Å². The number of halogens is 2. The minimum atomic E-state index is 0.564. The summed E-state index contributed by atoms with van der Waals surface area (Å²) in [5.74, 6) is 2.42. The van der Waals surface area contributed by atoms with Gasteiger partial charge < -0.3 is 9.30 Å². The SMILES string of the molecule is COc1ccc2nc(CCCl)n(Cc3cc(Br)cs3)c2c1. The molecule has 0 fully saturated rings. The van der Waals surface area contributed by atoms with E-state index in [9.17, 15) is 0 Å². The van der Waals surface area contributed by atoms with Crippen molar-refractivity contribution in [2.45, 2.75) is 13.0 Å². The van der Waals surface area contributed by atoms with Gasteiger partial charge in [-0.1, -0.05) is 0 Å². The second-order valence-electron chi connectivity index (χ2n) is 4.64. The number of benzene rings is 1. The van der Waals surface area contributed by atoms with Crippen LogP contribution in [0.2, 0.25) is 0 Å². The van der Waals surface area contributed by atoms with Gasteiger partial charge in [0.1, 0.15) is 11.6 Å². The van der Waals surface area contributed by atoms with Crippen LogP contribution in [0.4, 0.5) is 0 Å². The average molecular weight is 386 g/mol. The lowest BCUT2D eigenvalue weighted by Gasteiger charge is -2.07. The molecule has 0 unspecified atom stereocenters. The first-order valence-corrected chi connectivity index (χ1v) is 8.74. The molecule has 0 N–H and O–H groups in total. The Morgan fingerprint density at radius 2 is 2.24 bits per heavy atom. The standard InChI is InChI=1S/C15H14BrClN2OS/c1-20-11-2-3-13-14(7-11)19(15(18-13)4-5-17)8-12-6-10(16)9-21-12/h2-3,6-7,9H,4-5,8H2,1H3. The number of alkyl halides is 1. The van der Waals surface area contributed by atoms with Crippen LogP contribution in [0.1, 0.15) is 10.7 Å². The van der Waals surface area contributed by atoms with Crippen molar-refractivity contribution in [3.63, 3.8) is 0 Å². The van der Waals surface area contributed by atoms with Crippen molar-refractivity contribution in [3.05, 3.63) is 44.8 Å². The van der Waals surface area contributed by atoms with Gasteiger partial charge in [0.05, 0.1) is 24.7 Å². The second-order valence-corrected chi connectivity index (χ2v) is 6.93. The molecule has 2 heterocycles. The van der Waals surface area contributed by atoms with Crippen molar-refractivity contribution in [1.82, 2.24) is 9.55 Å². The Morgan fingerprint density at radius 1 is 1.38 bits per heavy atom. The Labute approximate surface area is 140 Å². The number of imidazole rings is 1. The highest BCUT2D eigenvalue weighted by atomic mass is 79.9. The number of aromatic nitrogens is 2. The minimum absolute atomic E-state index is 0.564. The van der Waals surface area contributed by atoms with Gasteiger partial charge in [-0.25, -0.2) is 4.98 Å². The van der Waals surface area contributed by atoms with Gasteiger partial charge in [-0.3, -0.25) is 0 Å². The largest absolute Gasteiger partial charge is 0.497 e. The zero-order chi connectivity index (χ0) is 14.8. The van der Waals surface area contributed by atoms with Gasteiger partial charge in [0, 0.05) is 33.1 Å². The van der Waals surface area contributed by atoms with E-state index >= 15 is 0 Å². The summed E-state index contributed by atoms with van der Waals surface area (Å²) in [7, 11) is 1.68. The molecule has 0 aliphatic heterocycles. The Morgan fingerprint density at radius 3 is 2.90 bits per heavy atom. The zero-order valence-corrected chi connectivity index (χ0v) is 14.6. The van der Waals surface area contributed by atoms with E-state index in [1.165, 1.54) is 4.88 Å². The number of hydrogen-bond donors (Lipinski definition) is 0. The van der Waals surface area contributed by atoms with E-state index in [0.717, 1.165) is 40.0 Å². The normalized spacial score (nSPS) is 11.2. The summed E-state index contributed by atoms with van der Waals surface area (Å²) >= 11 is 11.2. The number of rotatable bonds is 5. The summed E-state index contributed by atoms with van der Waals surface area (Å²) < 4.78 is 8.66. The fourth-order valence-electron chi connectivity index (χ4n) is 2.32. The van der Waals surface area contributed by atoms with Gasteiger partial charge in [-0.05, 0) is 34.1 Å².